The maximum Gasteiger partial charge on any atom is 0.159 e. The standard InChI is InChI=1S/C47H43NO2/c1-45(2,3)28-25-34-32-17-13-20-39(44(32)50-43(34)37(26-28)46(4,5)6)48(38-19-14-22-41-42(38)33-16-10-12-21-40(33)49-41)29-23-24-31-30-15-9-11-18-35(30)47(7,8)36(31)27-29/h9-27H,1-8H3. The Morgan fingerprint density at radius 2 is 1.20 bits per heavy atom. The molecule has 6 aromatic carbocycles. The third-order valence-corrected chi connectivity index (χ3v) is 10.9. The topological polar surface area (TPSA) is 29.5 Å². The summed E-state index contributed by atoms with van der Waals surface area (Å²) in [5.41, 5.74) is 14.3. The van der Waals surface area contributed by atoms with Crippen LogP contribution in [-0.4, -0.2) is 0 Å². The van der Waals surface area contributed by atoms with Gasteiger partial charge in [0.05, 0.1) is 16.8 Å². The van der Waals surface area contributed by atoms with E-state index in [4.69, 9.17) is 8.83 Å². The zero-order valence-corrected chi connectivity index (χ0v) is 30.2. The highest BCUT2D eigenvalue weighted by molar-refractivity contribution is 6.16. The Kier molecular flexibility index (Phi) is 6.38. The molecule has 9 rings (SSSR count). The van der Waals surface area contributed by atoms with Gasteiger partial charge in [0.2, 0.25) is 0 Å². The van der Waals surface area contributed by atoms with Crippen LogP contribution in [0.15, 0.2) is 124 Å². The monoisotopic (exact) mass is 653 g/mol. The number of para-hydroxylation sites is 2. The first-order chi connectivity index (χ1) is 23.8. The number of rotatable bonds is 3. The molecule has 0 radical (unpaired) electrons. The van der Waals surface area contributed by atoms with Crippen molar-refractivity contribution >= 4 is 60.9 Å². The summed E-state index contributed by atoms with van der Waals surface area (Å²) in [6, 6.07) is 41.9. The Hall–Kier alpha value is -5.28. The lowest BCUT2D eigenvalue weighted by Crippen LogP contribution is -2.16. The Balaban J connectivity index is 1.38. The van der Waals surface area contributed by atoms with Gasteiger partial charge in [-0.1, -0.05) is 128 Å². The molecule has 0 unspecified atom stereocenters. The predicted molar refractivity (Wildman–Crippen MR) is 211 cm³/mol. The molecule has 2 heterocycles. The smallest absolute Gasteiger partial charge is 0.159 e. The maximum atomic E-state index is 7.13. The number of fused-ring (bicyclic) bond motifs is 9. The molecule has 0 atom stereocenters. The summed E-state index contributed by atoms with van der Waals surface area (Å²) in [5.74, 6) is 0. The zero-order chi connectivity index (χ0) is 34.7. The maximum absolute atomic E-state index is 7.13. The average Bonchev–Trinajstić information content (AvgIpc) is 3.72. The fourth-order valence-electron chi connectivity index (χ4n) is 8.23. The van der Waals surface area contributed by atoms with Crippen molar-refractivity contribution in [3.8, 4) is 11.1 Å². The van der Waals surface area contributed by atoms with Crippen LogP contribution in [0.5, 0.6) is 0 Å². The van der Waals surface area contributed by atoms with Crippen molar-refractivity contribution < 1.29 is 8.83 Å². The Bertz CT molecular complexity index is 2650. The summed E-state index contributed by atoms with van der Waals surface area (Å²) >= 11 is 0. The lowest BCUT2D eigenvalue weighted by atomic mass is 9.79. The molecule has 0 amide bonds. The molecule has 3 nitrogen and oxygen atoms in total. The number of furan rings is 2. The minimum Gasteiger partial charge on any atom is -0.456 e. The van der Waals surface area contributed by atoms with Crippen molar-refractivity contribution in [3.63, 3.8) is 0 Å². The molecule has 248 valence electrons. The van der Waals surface area contributed by atoms with Gasteiger partial charge in [-0.15, -0.1) is 0 Å². The van der Waals surface area contributed by atoms with Crippen molar-refractivity contribution in [1.82, 2.24) is 0 Å². The van der Waals surface area contributed by atoms with Crippen LogP contribution in [0.4, 0.5) is 17.1 Å². The molecule has 1 aliphatic carbocycles. The Morgan fingerprint density at radius 1 is 0.520 bits per heavy atom. The van der Waals surface area contributed by atoms with Gasteiger partial charge < -0.3 is 13.7 Å². The molecule has 0 spiro atoms. The second-order valence-corrected chi connectivity index (χ2v) is 16.6. The van der Waals surface area contributed by atoms with Crippen LogP contribution in [0.3, 0.4) is 0 Å². The summed E-state index contributed by atoms with van der Waals surface area (Å²) < 4.78 is 13.6. The van der Waals surface area contributed by atoms with Gasteiger partial charge in [-0.05, 0) is 81.1 Å². The van der Waals surface area contributed by atoms with Crippen LogP contribution in [-0.2, 0) is 16.2 Å². The molecule has 0 bridgehead atoms. The van der Waals surface area contributed by atoms with Crippen LogP contribution in [0.2, 0.25) is 0 Å². The van der Waals surface area contributed by atoms with E-state index in [-0.39, 0.29) is 16.2 Å². The van der Waals surface area contributed by atoms with Crippen LogP contribution in [0.1, 0.15) is 77.6 Å². The van der Waals surface area contributed by atoms with E-state index < -0.39 is 0 Å². The summed E-state index contributed by atoms with van der Waals surface area (Å²) in [4.78, 5) is 2.40. The lowest BCUT2D eigenvalue weighted by molar-refractivity contribution is 0.559. The minimum absolute atomic E-state index is 0.00574. The molecule has 0 N–H and O–H groups in total. The molecule has 0 saturated carbocycles. The van der Waals surface area contributed by atoms with Gasteiger partial charge in [-0.3, -0.25) is 0 Å². The van der Waals surface area contributed by atoms with Gasteiger partial charge in [0.25, 0.3) is 0 Å². The Labute approximate surface area is 294 Å². The quantitative estimate of drug-likeness (QED) is 0.190. The molecule has 50 heavy (non-hydrogen) atoms. The molecule has 0 fully saturated rings. The van der Waals surface area contributed by atoms with E-state index >= 15 is 0 Å². The molecule has 8 aromatic rings. The van der Waals surface area contributed by atoms with Gasteiger partial charge in [0, 0.05) is 32.8 Å². The number of hydrogen-bond acceptors (Lipinski definition) is 3. The molecule has 0 aliphatic heterocycles. The fraction of sp³-hybridized carbons (Fsp3) is 0.234. The highest BCUT2D eigenvalue weighted by Crippen LogP contribution is 2.53. The van der Waals surface area contributed by atoms with Crippen LogP contribution >= 0.6 is 0 Å². The lowest BCUT2D eigenvalue weighted by Gasteiger charge is -2.28. The Morgan fingerprint density at radius 3 is 2.00 bits per heavy atom. The van der Waals surface area contributed by atoms with Gasteiger partial charge in [0.1, 0.15) is 16.7 Å². The first-order valence-electron chi connectivity index (χ1n) is 17.8. The van der Waals surface area contributed by atoms with E-state index in [0.717, 1.165) is 60.9 Å². The van der Waals surface area contributed by atoms with Crippen molar-refractivity contribution in [3.05, 3.63) is 138 Å². The molecular formula is C47H43NO2. The summed E-state index contributed by atoms with van der Waals surface area (Å²) in [5, 5.41) is 4.47. The molecule has 0 saturated heterocycles. The van der Waals surface area contributed by atoms with E-state index in [0.29, 0.717) is 0 Å². The number of hydrogen-bond donors (Lipinski definition) is 0. The second kappa shape index (κ2) is 10.4. The second-order valence-electron chi connectivity index (χ2n) is 16.6. The van der Waals surface area contributed by atoms with Gasteiger partial charge in [-0.25, -0.2) is 0 Å². The van der Waals surface area contributed by atoms with E-state index in [1.807, 2.05) is 6.07 Å². The number of anilines is 3. The van der Waals surface area contributed by atoms with E-state index in [1.54, 1.807) is 0 Å². The van der Waals surface area contributed by atoms with Gasteiger partial charge >= 0.3 is 0 Å². The number of nitrogens with zero attached hydrogens (tertiary/aromatic N) is 1. The van der Waals surface area contributed by atoms with Gasteiger partial charge in [0.15, 0.2) is 5.58 Å². The van der Waals surface area contributed by atoms with Crippen LogP contribution in [0, 0.1) is 0 Å². The summed E-state index contributed by atoms with van der Waals surface area (Å²) in [6.45, 7) is 18.4. The largest absolute Gasteiger partial charge is 0.456 e. The van der Waals surface area contributed by atoms with E-state index in [2.05, 4.69) is 169 Å². The minimum atomic E-state index is -0.141. The highest BCUT2D eigenvalue weighted by Gasteiger charge is 2.36. The molecular weight excluding hydrogens is 611 g/mol. The SMILES string of the molecule is CC(C)(C)c1cc(C(C)(C)C)c2oc3c(N(c4ccc5c(c4)C(C)(C)c4ccccc4-5)c4cccc5oc6ccccc6c45)cccc3c2c1. The zero-order valence-electron chi connectivity index (χ0n) is 30.2. The summed E-state index contributed by atoms with van der Waals surface area (Å²) in [7, 11) is 0. The van der Waals surface area contributed by atoms with Gasteiger partial charge in [-0.2, -0.15) is 0 Å². The van der Waals surface area contributed by atoms with Crippen molar-refractivity contribution in [2.75, 3.05) is 4.90 Å². The van der Waals surface area contributed by atoms with Crippen molar-refractivity contribution in [1.29, 1.82) is 0 Å². The van der Waals surface area contributed by atoms with E-state index in [9.17, 15) is 0 Å². The highest BCUT2D eigenvalue weighted by atomic mass is 16.3. The molecule has 2 aromatic heterocycles. The summed E-state index contributed by atoms with van der Waals surface area (Å²) in [6.07, 6.45) is 0. The molecule has 3 heteroatoms. The van der Waals surface area contributed by atoms with Crippen LogP contribution in [0.25, 0.3) is 55.0 Å². The number of benzene rings is 6. The normalized spacial score (nSPS) is 14.2. The third-order valence-electron chi connectivity index (χ3n) is 10.9. The first kappa shape index (κ1) is 30.8. The van der Waals surface area contributed by atoms with Crippen molar-refractivity contribution in [2.24, 2.45) is 0 Å². The van der Waals surface area contributed by atoms with Crippen molar-refractivity contribution in [2.45, 2.75) is 71.6 Å². The van der Waals surface area contributed by atoms with E-state index in [1.165, 1.54) is 33.4 Å². The fourth-order valence-corrected chi connectivity index (χ4v) is 8.23. The van der Waals surface area contributed by atoms with Crippen LogP contribution < -0.4 is 4.90 Å². The average molecular weight is 654 g/mol. The first-order valence-corrected chi connectivity index (χ1v) is 17.8. The molecule has 1 aliphatic rings. The predicted octanol–water partition coefficient (Wildman–Crippen LogP) is 13.9. The third kappa shape index (κ3) is 4.42.